The second-order valence-corrected chi connectivity index (χ2v) is 5.55. The largest absolute Gasteiger partial charge is 0.436 e. The fourth-order valence-electron chi connectivity index (χ4n) is 2.05. The molecule has 2 aromatic rings. The van der Waals surface area contributed by atoms with Gasteiger partial charge in [-0.2, -0.15) is 23.0 Å². The molecule has 3 nitrogen and oxygen atoms in total. The van der Waals surface area contributed by atoms with Crippen LogP contribution in [0.25, 0.3) is 5.57 Å². The number of hydrogen-bond donors (Lipinski definition) is 1. The van der Waals surface area contributed by atoms with Crippen LogP contribution in [0.2, 0.25) is 0 Å². The van der Waals surface area contributed by atoms with E-state index in [0.29, 0.717) is 16.8 Å². The van der Waals surface area contributed by atoms with Crippen molar-refractivity contribution in [2.75, 3.05) is 0 Å². The Bertz CT molecular complexity index is 885. The summed E-state index contributed by atoms with van der Waals surface area (Å²) in [6.45, 7) is 2.42. The van der Waals surface area contributed by atoms with Crippen LogP contribution in [0.1, 0.15) is 28.7 Å². The molecule has 0 unspecified atom stereocenters. The Morgan fingerprint density at radius 1 is 1.16 bits per heavy atom. The minimum atomic E-state index is -4.81. The molecule has 0 saturated heterocycles. The summed E-state index contributed by atoms with van der Waals surface area (Å²) in [6, 6.07) is 0.851. The molecule has 0 saturated carbocycles. The molecule has 0 spiro atoms. The van der Waals surface area contributed by atoms with Gasteiger partial charge in [0.25, 0.3) is 5.91 Å². The quantitative estimate of drug-likeness (QED) is 0.356. The first-order valence-corrected chi connectivity index (χ1v) is 7.11. The second-order valence-electron chi connectivity index (χ2n) is 5.10. The monoisotopic (exact) mass is 380 g/mol. The average molecular weight is 380 g/mol. The summed E-state index contributed by atoms with van der Waals surface area (Å²) in [4.78, 5) is 11.6. The van der Waals surface area contributed by atoms with Gasteiger partial charge < -0.3 is 0 Å². The van der Waals surface area contributed by atoms with Crippen molar-refractivity contribution in [3.8, 4) is 0 Å². The van der Waals surface area contributed by atoms with E-state index in [1.807, 2.05) is 0 Å². The number of carbonyl (C=O) groups is 1. The predicted octanol–water partition coefficient (Wildman–Crippen LogP) is 4.66. The van der Waals surface area contributed by atoms with E-state index in [4.69, 9.17) is 0 Å². The van der Waals surface area contributed by atoms with Gasteiger partial charge in [-0.05, 0) is 25.5 Å². The maximum atomic E-state index is 13.7. The van der Waals surface area contributed by atoms with Gasteiger partial charge in [-0.15, -0.1) is 12.6 Å². The molecule has 1 aromatic heterocycles. The van der Waals surface area contributed by atoms with Crippen LogP contribution in [-0.4, -0.2) is 15.7 Å². The van der Waals surface area contributed by atoms with Crippen molar-refractivity contribution in [1.82, 2.24) is 9.78 Å². The van der Waals surface area contributed by atoms with E-state index in [1.54, 1.807) is 0 Å². The van der Waals surface area contributed by atoms with Crippen LogP contribution in [0.15, 0.2) is 23.1 Å². The molecule has 0 N–H and O–H groups in total. The lowest BCUT2D eigenvalue weighted by Gasteiger charge is -2.05. The number of nitrogens with zero attached hydrogens (tertiary/aromatic N) is 2. The van der Waals surface area contributed by atoms with Crippen LogP contribution in [0.3, 0.4) is 0 Å². The summed E-state index contributed by atoms with van der Waals surface area (Å²) in [5.74, 6) is -4.88. The normalized spacial score (nSPS) is 12.6. The third-order valence-electron chi connectivity index (χ3n) is 3.34. The summed E-state index contributed by atoms with van der Waals surface area (Å²) in [7, 11) is 0. The predicted molar refractivity (Wildman–Crippen MR) is 79.8 cm³/mol. The molecule has 0 radical (unpaired) electrons. The van der Waals surface area contributed by atoms with Gasteiger partial charge in [-0.1, -0.05) is 0 Å². The maximum absolute atomic E-state index is 13.7. The van der Waals surface area contributed by atoms with Gasteiger partial charge in [-0.25, -0.2) is 13.2 Å². The summed E-state index contributed by atoms with van der Waals surface area (Å²) in [6.07, 6.45) is -4.04. The second kappa shape index (κ2) is 6.58. The van der Waals surface area contributed by atoms with Gasteiger partial charge >= 0.3 is 6.18 Å². The Morgan fingerprint density at radius 2 is 1.72 bits per heavy atom. The van der Waals surface area contributed by atoms with Crippen molar-refractivity contribution in [3.05, 3.63) is 52.6 Å². The standard InChI is InChI=1S/C15H10F6N2OS/c1-6(8-4-10(17)11(18)5-9(8)16)3-12(24)23-7(2)13(25)14(22-23)15(19,20)21/h3-5,25H,1-2H3/b6-3+. The topological polar surface area (TPSA) is 34.9 Å². The molecule has 0 aliphatic rings. The molecule has 0 aliphatic carbocycles. The van der Waals surface area contributed by atoms with E-state index in [2.05, 4.69) is 17.7 Å². The van der Waals surface area contributed by atoms with Crippen molar-refractivity contribution < 1.29 is 31.1 Å². The first-order chi connectivity index (χ1) is 11.4. The Kier molecular flexibility index (Phi) is 5.03. The average Bonchev–Trinajstić information content (AvgIpc) is 2.79. The number of rotatable bonds is 2. The molecule has 0 aliphatic heterocycles. The molecule has 1 heterocycles. The summed E-state index contributed by atoms with van der Waals surface area (Å²) in [5, 5.41) is 3.17. The number of carbonyl (C=O) groups excluding carboxylic acids is 1. The lowest BCUT2D eigenvalue weighted by molar-refractivity contribution is -0.143. The summed E-state index contributed by atoms with van der Waals surface area (Å²) < 4.78 is 78.7. The summed E-state index contributed by atoms with van der Waals surface area (Å²) >= 11 is 3.69. The molecule has 0 atom stereocenters. The lowest BCUT2D eigenvalue weighted by Crippen LogP contribution is -2.14. The molecule has 25 heavy (non-hydrogen) atoms. The highest BCUT2D eigenvalue weighted by Crippen LogP contribution is 2.34. The number of halogens is 6. The van der Waals surface area contributed by atoms with Crippen LogP contribution in [-0.2, 0) is 6.18 Å². The SMILES string of the molecule is C/C(=C\C(=O)n1nc(C(F)(F)F)c(S)c1C)c1cc(F)c(F)cc1F. The van der Waals surface area contributed by atoms with Gasteiger partial charge in [0, 0.05) is 17.7 Å². The molecule has 10 heteroatoms. The Balaban J connectivity index is 2.46. The van der Waals surface area contributed by atoms with Crippen LogP contribution in [0, 0.1) is 24.4 Å². The third-order valence-corrected chi connectivity index (χ3v) is 3.87. The van der Waals surface area contributed by atoms with E-state index < -0.39 is 45.7 Å². The molecule has 0 fully saturated rings. The van der Waals surface area contributed by atoms with E-state index in [0.717, 1.165) is 6.08 Å². The first kappa shape index (κ1) is 19.1. The third kappa shape index (κ3) is 3.73. The Labute approximate surface area is 143 Å². The smallest absolute Gasteiger partial charge is 0.267 e. The first-order valence-electron chi connectivity index (χ1n) is 6.66. The molecule has 0 amide bonds. The molecular formula is C15H10F6N2OS. The lowest BCUT2D eigenvalue weighted by atomic mass is 10.1. The number of allylic oxidation sites excluding steroid dienone is 2. The molecule has 2 rings (SSSR count). The fraction of sp³-hybridized carbons (Fsp3) is 0.200. The van der Waals surface area contributed by atoms with Gasteiger partial charge in [0.2, 0.25) is 0 Å². The van der Waals surface area contributed by atoms with Crippen molar-refractivity contribution in [2.24, 2.45) is 0 Å². The summed E-state index contributed by atoms with van der Waals surface area (Å²) in [5.41, 5.74) is -2.04. The van der Waals surface area contributed by atoms with E-state index in [9.17, 15) is 31.1 Å². The highest BCUT2D eigenvalue weighted by Gasteiger charge is 2.38. The minimum absolute atomic E-state index is 0.120. The highest BCUT2D eigenvalue weighted by molar-refractivity contribution is 7.80. The van der Waals surface area contributed by atoms with Crippen LogP contribution >= 0.6 is 12.6 Å². The zero-order valence-corrected chi connectivity index (χ0v) is 13.6. The molecular weight excluding hydrogens is 370 g/mol. The molecule has 1 aromatic carbocycles. The zero-order valence-electron chi connectivity index (χ0n) is 12.7. The number of hydrogen-bond acceptors (Lipinski definition) is 3. The van der Waals surface area contributed by atoms with Gasteiger partial charge in [0.1, 0.15) is 5.82 Å². The van der Waals surface area contributed by atoms with E-state index in [1.165, 1.54) is 13.8 Å². The van der Waals surface area contributed by atoms with Crippen LogP contribution < -0.4 is 0 Å². The van der Waals surface area contributed by atoms with Crippen LogP contribution in [0.5, 0.6) is 0 Å². The van der Waals surface area contributed by atoms with Crippen molar-refractivity contribution in [3.63, 3.8) is 0 Å². The zero-order chi connectivity index (χ0) is 19.1. The number of alkyl halides is 3. The number of aromatic nitrogens is 2. The minimum Gasteiger partial charge on any atom is -0.267 e. The maximum Gasteiger partial charge on any atom is 0.436 e. The van der Waals surface area contributed by atoms with Crippen LogP contribution in [0.4, 0.5) is 26.3 Å². The van der Waals surface area contributed by atoms with Crippen molar-refractivity contribution in [1.29, 1.82) is 0 Å². The number of benzene rings is 1. The van der Waals surface area contributed by atoms with Gasteiger partial charge in [0.15, 0.2) is 17.3 Å². The van der Waals surface area contributed by atoms with Crippen molar-refractivity contribution >= 4 is 24.1 Å². The highest BCUT2D eigenvalue weighted by atomic mass is 32.1. The van der Waals surface area contributed by atoms with Crippen molar-refractivity contribution in [2.45, 2.75) is 24.9 Å². The van der Waals surface area contributed by atoms with Gasteiger partial charge in [0.05, 0.1) is 10.6 Å². The molecule has 134 valence electrons. The Hall–Kier alpha value is -2.23. The molecule has 0 bridgehead atoms. The van der Waals surface area contributed by atoms with Gasteiger partial charge in [-0.3, -0.25) is 4.79 Å². The Morgan fingerprint density at radius 3 is 2.24 bits per heavy atom. The van der Waals surface area contributed by atoms with E-state index >= 15 is 0 Å². The van der Waals surface area contributed by atoms with E-state index in [-0.39, 0.29) is 11.3 Å². The number of thiol groups is 1. The fourth-order valence-corrected chi connectivity index (χ4v) is 2.31.